The van der Waals surface area contributed by atoms with Gasteiger partial charge in [0.1, 0.15) is 15.6 Å². The highest BCUT2D eigenvalue weighted by Gasteiger charge is 2.05. The Hall–Kier alpha value is -1.56. The van der Waals surface area contributed by atoms with Crippen molar-refractivity contribution in [2.24, 2.45) is 0 Å². The van der Waals surface area contributed by atoms with Crippen LogP contribution >= 0.6 is 0 Å². The fourth-order valence-corrected chi connectivity index (χ4v) is 2.34. The number of benzene rings is 1. The van der Waals surface area contributed by atoms with Crippen LogP contribution in [-0.4, -0.2) is 40.0 Å². The first-order chi connectivity index (χ1) is 9.90. The maximum absolute atomic E-state index is 11.5. The lowest BCUT2D eigenvalue weighted by molar-refractivity contribution is -0.121. The summed E-state index contributed by atoms with van der Waals surface area (Å²) in [5, 5.41) is 2.62. The van der Waals surface area contributed by atoms with E-state index in [0.717, 1.165) is 31.3 Å². The van der Waals surface area contributed by atoms with Gasteiger partial charge in [-0.1, -0.05) is 12.1 Å². The van der Waals surface area contributed by atoms with Crippen molar-refractivity contribution in [1.29, 1.82) is 0 Å². The Labute approximate surface area is 126 Å². The van der Waals surface area contributed by atoms with Crippen molar-refractivity contribution < 1.29 is 17.9 Å². The Morgan fingerprint density at radius 1 is 1.19 bits per heavy atom. The number of methoxy groups -OCH3 is 1. The molecule has 0 aliphatic heterocycles. The van der Waals surface area contributed by atoms with E-state index in [1.807, 2.05) is 24.3 Å². The normalized spacial score (nSPS) is 11.1. The molecule has 1 amide bonds. The standard InChI is InChI=1S/C15H23NO4S/c1-20-14-9-7-13(8-10-14)5-3-4-6-15(17)16-11-12-21(2,18)19/h7-10H,3-6,11-12H2,1-2H3,(H,16,17). The lowest BCUT2D eigenvalue weighted by atomic mass is 10.1. The topological polar surface area (TPSA) is 72.5 Å². The molecule has 0 radical (unpaired) electrons. The molecule has 1 aromatic rings. The minimum absolute atomic E-state index is 0.00934. The van der Waals surface area contributed by atoms with E-state index < -0.39 is 9.84 Å². The summed E-state index contributed by atoms with van der Waals surface area (Å²) in [6.07, 6.45) is 4.22. The SMILES string of the molecule is COc1ccc(CCCCC(=O)NCCS(C)(=O)=O)cc1. The number of unbranched alkanes of at least 4 members (excludes halogenated alkanes) is 1. The van der Waals surface area contributed by atoms with E-state index >= 15 is 0 Å². The fourth-order valence-electron chi connectivity index (χ4n) is 1.87. The molecule has 1 aromatic carbocycles. The van der Waals surface area contributed by atoms with Gasteiger partial charge in [-0.25, -0.2) is 8.42 Å². The van der Waals surface area contributed by atoms with E-state index in [9.17, 15) is 13.2 Å². The summed E-state index contributed by atoms with van der Waals surface area (Å²) in [5.74, 6) is 0.738. The van der Waals surface area contributed by atoms with Crippen LogP contribution in [0, 0.1) is 0 Å². The largest absolute Gasteiger partial charge is 0.497 e. The molecule has 0 saturated heterocycles. The van der Waals surface area contributed by atoms with Gasteiger partial charge in [0.05, 0.1) is 12.9 Å². The molecule has 5 nitrogen and oxygen atoms in total. The Bertz CT molecular complexity index is 537. The molecule has 0 fully saturated rings. The van der Waals surface area contributed by atoms with Crippen LogP contribution in [0.5, 0.6) is 5.75 Å². The lowest BCUT2D eigenvalue weighted by Gasteiger charge is -2.05. The summed E-state index contributed by atoms with van der Waals surface area (Å²) >= 11 is 0. The predicted octanol–water partition coefficient (Wildman–Crippen LogP) is 1.57. The van der Waals surface area contributed by atoms with Gasteiger partial charge in [-0.05, 0) is 37.0 Å². The van der Waals surface area contributed by atoms with Gasteiger partial charge in [-0.3, -0.25) is 4.79 Å². The van der Waals surface area contributed by atoms with E-state index in [-0.39, 0.29) is 18.2 Å². The molecule has 1 N–H and O–H groups in total. The molecule has 0 aliphatic carbocycles. The molecule has 6 heteroatoms. The number of hydrogen-bond donors (Lipinski definition) is 1. The first kappa shape index (κ1) is 17.5. The number of rotatable bonds is 9. The van der Waals surface area contributed by atoms with Gasteiger partial charge >= 0.3 is 0 Å². The lowest BCUT2D eigenvalue weighted by Crippen LogP contribution is -2.28. The zero-order chi connectivity index (χ0) is 15.7. The average molecular weight is 313 g/mol. The summed E-state index contributed by atoms with van der Waals surface area (Å²) < 4.78 is 26.9. The number of hydrogen-bond acceptors (Lipinski definition) is 4. The van der Waals surface area contributed by atoms with E-state index in [1.165, 1.54) is 5.56 Å². The van der Waals surface area contributed by atoms with Crippen LogP contribution < -0.4 is 10.1 Å². The highest BCUT2D eigenvalue weighted by atomic mass is 32.2. The van der Waals surface area contributed by atoms with Crippen LogP contribution in [0.3, 0.4) is 0 Å². The van der Waals surface area contributed by atoms with Crippen molar-refractivity contribution in [1.82, 2.24) is 5.32 Å². The van der Waals surface area contributed by atoms with Crippen LogP contribution in [-0.2, 0) is 21.1 Å². The molecule has 0 heterocycles. The molecule has 0 bridgehead atoms. The first-order valence-electron chi connectivity index (χ1n) is 6.98. The maximum Gasteiger partial charge on any atom is 0.220 e. The first-order valence-corrected chi connectivity index (χ1v) is 9.04. The minimum atomic E-state index is -3.01. The van der Waals surface area contributed by atoms with Gasteiger partial charge in [0.15, 0.2) is 0 Å². The molecule has 0 aliphatic rings. The van der Waals surface area contributed by atoms with Crippen LogP contribution in [0.25, 0.3) is 0 Å². The van der Waals surface area contributed by atoms with Crippen LogP contribution in [0.15, 0.2) is 24.3 Å². The summed E-state index contributed by atoms with van der Waals surface area (Å²) in [7, 11) is -1.38. The van der Waals surface area contributed by atoms with Crippen LogP contribution in [0.4, 0.5) is 0 Å². The average Bonchev–Trinajstić information content (AvgIpc) is 2.43. The van der Waals surface area contributed by atoms with Crippen molar-refractivity contribution in [3.63, 3.8) is 0 Å². The third-order valence-corrected chi connectivity index (χ3v) is 4.02. The van der Waals surface area contributed by atoms with Crippen molar-refractivity contribution in [3.05, 3.63) is 29.8 Å². The second-order valence-electron chi connectivity index (χ2n) is 5.04. The van der Waals surface area contributed by atoms with Crippen molar-refractivity contribution >= 4 is 15.7 Å². The smallest absolute Gasteiger partial charge is 0.220 e. The summed E-state index contributed by atoms with van der Waals surface area (Å²) in [4.78, 5) is 11.5. The number of nitrogens with one attached hydrogen (secondary N) is 1. The molecule has 0 aromatic heterocycles. The summed E-state index contributed by atoms with van der Waals surface area (Å²) in [6.45, 7) is 0.191. The monoisotopic (exact) mass is 313 g/mol. The Morgan fingerprint density at radius 3 is 2.43 bits per heavy atom. The molecule has 0 atom stereocenters. The minimum Gasteiger partial charge on any atom is -0.497 e. The number of aryl methyl sites for hydroxylation is 1. The van der Waals surface area contributed by atoms with Crippen LogP contribution in [0.2, 0.25) is 0 Å². The number of sulfone groups is 1. The molecule has 0 unspecified atom stereocenters. The second kappa shape index (κ2) is 8.67. The highest BCUT2D eigenvalue weighted by Crippen LogP contribution is 2.13. The number of carbonyl (C=O) groups excluding carboxylic acids is 1. The molecule has 21 heavy (non-hydrogen) atoms. The number of carbonyl (C=O) groups is 1. The fraction of sp³-hybridized carbons (Fsp3) is 0.533. The maximum atomic E-state index is 11.5. The zero-order valence-electron chi connectivity index (χ0n) is 12.6. The molecule has 118 valence electrons. The second-order valence-corrected chi connectivity index (χ2v) is 7.29. The third kappa shape index (κ3) is 8.34. The van der Waals surface area contributed by atoms with Crippen molar-refractivity contribution in [2.75, 3.05) is 25.7 Å². The molecular formula is C15H23NO4S. The van der Waals surface area contributed by atoms with E-state index in [1.54, 1.807) is 7.11 Å². The Balaban J connectivity index is 2.14. The summed E-state index contributed by atoms with van der Waals surface area (Å²) in [5.41, 5.74) is 1.22. The van der Waals surface area contributed by atoms with Gasteiger partial charge in [0, 0.05) is 19.2 Å². The predicted molar refractivity (Wildman–Crippen MR) is 83.3 cm³/mol. The van der Waals surface area contributed by atoms with Crippen LogP contribution in [0.1, 0.15) is 24.8 Å². The van der Waals surface area contributed by atoms with Gasteiger partial charge in [-0.15, -0.1) is 0 Å². The molecule has 1 rings (SSSR count). The van der Waals surface area contributed by atoms with Gasteiger partial charge in [-0.2, -0.15) is 0 Å². The summed E-state index contributed by atoms with van der Waals surface area (Å²) in [6, 6.07) is 7.89. The quantitative estimate of drug-likeness (QED) is 0.702. The van der Waals surface area contributed by atoms with Crippen molar-refractivity contribution in [3.8, 4) is 5.75 Å². The third-order valence-electron chi connectivity index (χ3n) is 3.07. The van der Waals surface area contributed by atoms with Gasteiger partial charge < -0.3 is 10.1 Å². The van der Waals surface area contributed by atoms with E-state index in [4.69, 9.17) is 4.74 Å². The Morgan fingerprint density at radius 2 is 1.86 bits per heavy atom. The molecule has 0 spiro atoms. The van der Waals surface area contributed by atoms with E-state index in [2.05, 4.69) is 5.32 Å². The van der Waals surface area contributed by atoms with Gasteiger partial charge in [0.2, 0.25) is 5.91 Å². The molecular weight excluding hydrogens is 290 g/mol. The Kier molecular flexibility index (Phi) is 7.22. The van der Waals surface area contributed by atoms with E-state index in [0.29, 0.717) is 6.42 Å². The molecule has 0 saturated carbocycles. The highest BCUT2D eigenvalue weighted by molar-refractivity contribution is 7.90. The zero-order valence-corrected chi connectivity index (χ0v) is 13.4. The van der Waals surface area contributed by atoms with Gasteiger partial charge in [0.25, 0.3) is 0 Å². The number of ether oxygens (including phenoxy) is 1. The van der Waals surface area contributed by atoms with Crippen molar-refractivity contribution in [2.45, 2.75) is 25.7 Å². The number of amides is 1.